The van der Waals surface area contributed by atoms with Crippen molar-refractivity contribution in [3.8, 4) is 0 Å². The van der Waals surface area contributed by atoms with E-state index in [0.717, 1.165) is 5.56 Å². The Hall–Kier alpha value is -2.36. The van der Waals surface area contributed by atoms with Crippen LogP contribution in [-0.4, -0.2) is 18.1 Å². The largest absolute Gasteiger partial charge is 0.465 e. The molecular weight excluding hydrogens is 266 g/mol. The van der Waals surface area contributed by atoms with E-state index in [1.54, 1.807) is 12.3 Å². The van der Waals surface area contributed by atoms with Crippen LogP contribution < -0.4 is 5.56 Å². The first-order chi connectivity index (χ1) is 10.0. The lowest BCUT2D eigenvalue weighted by Gasteiger charge is -2.09. The van der Waals surface area contributed by atoms with Gasteiger partial charge >= 0.3 is 5.97 Å². The van der Waals surface area contributed by atoms with Gasteiger partial charge < -0.3 is 9.72 Å². The fourth-order valence-electron chi connectivity index (χ4n) is 2.23. The van der Waals surface area contributed by atoms with Crippen LogP contribution in [0, 0.1) is 0 Å². The number of pyridine rings is 1. The Morgan fingerprint density at radius 2 is 1.86 bits per heavy atom. The third-order valence-corrected chi connectivity index (χ3v) is 3.48. The van der Waals surface area contributed by atoms with Crippen LogP contribution in [0.2, 0.25) is 0 Å². The average molecular weight is 285 g/mol. The average Bonchev–Trinajstić information content (AvgIpc) is 2.47. The van der Waals surface area contributed by atoms with Crippen molar-refractivity contribution in [3.05, 3.63) is 69.1 Å². The minimum absolute atomic E-state index is 0.0768. The number of rotatable bonds is 4. The molecule has 0 amide bonds. The Kier molecular flexibility index (Phi) is 4.58. The van der Waals surface area contributed by atoms with Gasteiger partial charge in [0.15, 0.2) is 0 Å². The van der Waals surface area contributed by atoms with Crippen LogP contribution in [0.1, 0.15) is 46.8 Å². The van der Waals surface area contributed by atoms with E-state index in [-0.39, 0.29) is 5.56 Å². The first-order valence-corrected chi connectivity index (χ1v) is 6.90. The van der Waals surface area contributed by atoms with Gasteiger partial charge in [0.05, 0.1) is 7.11 Å². The predicted octanol–water partition coefficient (Wildman–Crippen LogP) is 2.88. The molecule has 1 N–H and O–H groups in total. The maximum atomic E-state index is 11.8. The van der Waals surface area contributed by atoms with Crippen LogP contribution in [0.5, 0.6) is 0 Å². The molecule has 0 aliphatic carbocycles. The molecule has 0 aliphatic rings. The summed E-state index contributed by atoms with van der Waals surface area (Å²) in [6.07, 6.45) is 2.07. The lowest BCUT2D eigenvalue weighted by molar-refractivity contribution is 0.0597. The highest BCUT2D eigenvalue weighted by Gasteiger charge is 2.16. The fourth-order valence-corrected chi connectivity index (χ4v) is 2.23. The second-order valence-corrected chi connectivity index (χ2v) is 5.27. The monoisotopic (exact) mass is 285 g/mol. The minimum atomic E-state index is -0.606. The summed E-state index contributed by atoms with van der Waals surface area (Å²) in [4.78, 5) is 26.1. The number of benzene rings is 1. The molecule has 110 valence electrons. The summed E-state index contributed by atoms with van der Waals surface area (Å²) in [5.74, 6) is -0.130. The molecule has 2 rings (SSSR count). The van der Waals surface area contributed by atoms with E-state index in [9.17, 15) is 9.59 Å². The van der Waals surface area contributed by atoms with Gasteiger partial charge in [-0.15, -0.1) is 0 Å². The number of nitrogens with one attached hydrogen (secondary N) is 1. The van der Waals surface area contributed by atoms with E-state index in [4.69, 9.17) is 0 Å². The van der Waals surface area contributed by atoms with Gasteiger partial charge in [0.25, 0.3) is 5.56 Å². The number of carbonyl (C=O) groups is 1. The lowest BCUT2D eigenvalue weighted by atomic mass is 9.97. The van der Waals surface area contributed by atoms with E-state index in [1.807, 2.05) is 12.1 Å². The summed E-state index contributed by atoms with van der Waals surface area (Å²) in [7, 11) is 1.27. The van der Waals surface area contributed by atoms with E-state index in [0.29, 0.717) is 17.9 Å². The summed E-state index contributed by atoms with van der Waals surface area (Å²) in [5, 5.41) is 0. The highest BCUT2D eigenvalue weighted by molar-refractivity contribution is 5.90. The molecule has 21 heavy (non-hydrogen) atoms. The first-order valence-electron chi connectivity index (χ1n) is 6.90. The predicted molar refractivity (Wildman–Crippen MR) is 81.7 cm³/mol. The molecular formula is C17H19NO3. The molecule has 0 radical (unpaired) electrons. The third-order valence-electron chi connectivity index (χ3n) is 3.48. The molecule has 0 spiro atoms. The highest BCUT2D eigenvalue weighted by Crippen LogP contribution is 2.17. The minimum Gasteiger partial charge on any atom is -0.465 e. The number of methoxy groups -OCH3 is 1. The number of hydrogen-bond acceptors (Lipinski definition) is 3. The van der Waals surface area contributed by atoms with E-state index < -0.39 is 11.5 Å². The number of hydrogen-bond donors (Lipinski definition) is 1. The van der Waals surface area contributed by atoms with Gasteiger partial charge in [-0.2, -0.15) is 0 Å². The standard InChI is InChI=1S/C17H19NO3/c1-11(2)13-6-4-12(5-7-13)10-14-8-9-18-16(19)15(14)17(20)21-3/h4-9,11H,10H2,1-3H3,(H,18,19). The molecule has 0 unspecified atom stereocenters. The molecule has 0 atom stereocenters. The zero-order valence-electron chi connectivity index (χ0n) is 12.5. The van der Waals surface area contributed by atoms with E-state index in [1.165, 1.54) is 12.7 Å². The summed E-state index contributed by atoms with van der Waals surface area (Å²) < 4.78 is 4.69. The second-order valence-electron chi connectivity index (χ2n) is 5.27. The normalized spacial score (nSPS) is 10.7. The Bertz CT molecular complexity index is 684. The van der Waals surface area contributed by atoms with Crippen LogP contribution in [0.4, 0.5) is 0 Å². The Labute approximate surface area is 123 Å². The third kappa shape index (κ3) is 3.40. The van der Waals surface area contributed by atoms with Gasteiger partial charge in [-0.05, 0) is 35.1 Å². The van der Waals surface area contributed by atoms with Crippen molar-refractivity contribution in [1.29, 1.82) is 0 Å². The molecule has 4 heteroatoms. The Balaban J connectivity index is 2.33. The molecule has 0 aliphatic heterocycles. The fraction of sp³-hybridized carbons (Fsp3) is 0.294. The van der Waals surface area contributed by atoms with Crippen LogP contribution in [0.25, 0.3) is 0 Å². The zero-order chi connectivity index (χ0) is 15.4. The van der Waals surface area contributed by atoms with Crippen molar-refractivity contribution in [3.63, 3.8) is 0 Å². The van der Waals surface area contributed by atoms with Crippen molar-refractivity contribution in [2.75, 3.05) is 7.11 Å². The molecule has 1 aromatic heterocycles. The lowest BCUT2D eigenvalue weighted by Crippen LogP contribution is -2.21. The van der Waals surface area contributed by atoms with Gasteiger partial charge in [-0.25, -0.2) is 4.79 Å². The molecule has 4 nitrogen and oxygen atoms in total. The van der Waals surface area contributed by atoms with E-state index >= 15 is 0 Å². The van der Waals surface area contributed by atoms with Crippen molar-refractivity contribution in [1.82, 2.24) is 4.98 Å². The summed E-state index contributed by atoms with van der Waals surface area (Å²) in [6.45, 7) is 4.28. The maximum Gasteiger partial charge on any atom is 0.343 e. The van der Waals surface area contributed by atoms with Gasteiger partial charge in [0.1, 0.15) is 5.56 Å². The van der Waals surface area contributed by atoms with Gasteiger partial charge in [-0.1, -0.05) is 38.1 Å². The second kappa shape index (κ2) is 6.39. The van der Waals surface area contributed by atoms with Crippen molar-refractivity contribution < 1.29 is 9.53 Å². The van der Waals surface area contributed by atoms with Crippen LogP contribution in [0.15, 0.2) is 41.3 Å². The first kappa shape index (κ1) is 15.0. The molecule has 0 saturated heterocycles. The molecule has 1 aromatic carbocycles. The summed E-state index contributed by atoms with van der Waals surface area (Å²) in [6, 6.07) is 9.94. The highest BCUT2D eigenvalue weighted by atomic mass is 16.5. The number of esters is 1. The van der Waals surface area contributed by atoms with Crippen molar-refractivity contribution in [2.24, 2.45) is 0 Å². The molecule has 1 heterocycles. The molecule has 0 fully saturated rings. The van der Waals surface area contributed by atoms with Gasteiger partial charge in [0, 0.05) is 6.20 Å². The smallest absolute Gasteiger partial charge is 0.343 e. The van der Waals surface area contributed by atoms with Gasteiger partial charge in [0.2, 0.25) is 0 Å². The molecule has 0 bridgehead atoms. The quantitative estimate of drug-likeness (QED) is 0.879. The number of ether oxygens (including phenoxy) is 1. The maximum absolute atomic E-state index is 11.8. The summed E-state index contributed by atoms with van der Waals surface area (Å²) in [5.41, 5.74) is 2.64. The Morgan fingerprint density at radius 1 is 1.19 bits per heavy atom. The topological polar surface area (TPSA) is 59.2 Å². The van der Waals surface area contributed by atoms with Crippen molar-refractivity contribution in [2.45, 2.75) is 26.2 Å². The number of aromatic amines is 1. The zero-order valence-corrected chi connectivity index (χ0v) is 12.5. The van der Waals surface area contributed by atoms with Crippen LogP contribution in [-0.2, 0) is 11.2 Å². The van der Waals surface area contributed by atoms with Crippen molar-refractivity contribution >= 4 is 5.97 Å². The molecule has 2 aromatic rings. The summed E-state index contributed by atoms with van der Waals surface area (Å²) >= 11 is 0. The Morgan fingerprint density at radius 3 is 2.43 bits per heavy atom. The number of H-pyrrole nitrogens is 1. The van der Waals surface area contributed by atoms with E-state index in [2.05, 4.69) is 35.7 Å². The molecule has 0 saturated carbocycles. The van der Waals surface area contributed by atoms with Crippen LogP contribution in [0.3, 0.4) is 0 Å². The SMILES string of the molecule is COC(=O)c1c(Cc2ccc(C(C)C)cc2)cc[nH]c1=O. The number of carbonyl (C=O) groups excluding carboxylic acids is 1. The van der Waals surface area contributed by atoms with Crippen LogP contribution >= 0.6 is 0 Å². The number of aromatic nitrogens is 1. The van der Waals surface area contributed by atoms with Gasteiger partial charge in [-0.3, -0.25) is 4.79 Å².